The summed E-state index contributed by atoms with van der Waals surface area (Å²) >= 11 is 5.93. The van der Waals surface area contributed by atoms with Crippen LogP contribution in [0.15, 0.2) is 30.3 Å². The number of alkyl halides is 3. The second-order valence-electron chi connectivity index (χ2n) is 6.42. The molecule has 2 aromatic rings. The Kier molecular flexibility index (Phi) is 6.33. The molecule has 0 saturated carbocycles. The zero-order chi connectivity index (χ0) is 21.2. The second-order valence-corrected chi connectivity index (χ2v) is 6.79. The van der Waals surface area contributed by atoms with E-state index in [4.69, 9.17) is 25.8 Å². The first-order valence-electron chi connectivity index (χ1n) is 8.73. The largest absolute Gasteiger partial charge is 0.493 e. The van der Waals surface area contributed by atoms with Gasteiger partial charge in [0.15, 0.2) is 11.5 Å². The van der Waals surface area contributed by atoms with Crippen molar-refractivity contribution in [2.75, 3.05) is 20.3 Å². The molecule has 0 N–H and O–H groups in total. The molecule has 1 aliphatic heterocycles. The molecule has 0 bridgehead atoms. The molecule has 4 nitrogen and oxygen atoms in total. The standard InChI is InChI=1S/C20H17ClF4O4/c1-27-7-2-8-28-16-9-11(20(23,24)25)3-4-13(16)17-10-15(26)12-5-6-14(22)18(21)19(12)29-17/h3-6,9,17H,2,7-8,10H2,1H3. The van der Waals surface area contributed by atoms with E-state index in [-0.39, 0.29) is 46.5 Å². The monoisotopic (exact) mass is 432 g/mol. The smallest absolute Gasteiger partial charge is 0.416 e. The topological polar surface area (TPSA) is 44.8 Å². The van der Waals surface area contributed by atoms with Gasteiger partial charge in [0, 0.05) is 25.7 Å². The van der Waals surface area contributed by atoms with Gasteiger partial charge in [-0.05, 0) is 24.3 Å². The predicted octanol–water partition coefficient (Wildman–Crippen LogP) is 5.62. The number of benzene rings is 2. The highest BCUT2D eigenvalue weighted by atomic mass is 35.5. The molecule has 2 aromatic carbocycles. The van der Waals surface area contributed by atoms with Gasteiger partial charge in [-0.1, -0.05) is 17.7 Å². The third-order valence-electron chi connectivity index (χ3n) is 4.42. The summed E-state index contributed by atoms with van der Waals surface area (Å²) < 4.78 is 69.3. The maximum atomic E-state index is 13.8. The van der Waals surface area contributed by atoms with Crippen molar-refractivity contribution in [3.8, 4) is 11.5 Å². The Balaban J connectivity index is 1.96. The number of hydrogen-bond acceptors (Lipinski definition) is 4. The number of carbonyl (C=O) groups excluding carboxylic acids is 1. The van der Waals surface area contributed by atoms with Gasteiger partial charge < -0.3 is 14.2 Å². The number of hydrogen-bond donors (Lipinski definition) is 0. The summed E-state index contributed by atoms with van der Waals surface area (Å²) in [4.78, 5) is 12.5. The van der Waals surface area contributed by atoms with Gasteiger partial charge in [-0.3, -0.25) is 4.79 Å². The van der Waals surface area contributed by atoms with Crippen molar-refractivity contribution >= 4 is 17.4 Å². The van der Waals surface area contributed by atoms with Gasteiger partial charge in [0.1, 0.15) is 22.7 Å². The van der Waals surface area contributed by atoms with E-state index in [9.17, 15) is 22.4 Å². The Morgan fingerprint density at radius 1 is 1.21 bits per heavy atom. The molecule has 156 valence electrons. The SMILES string of the molecule is COCCCOc1cc(C(F)(F)F)ccc1C1CC(=O)c2ccc(F)c(Cl)c2O1. The van der Waals surface area contributed by atoms with Crippen LogP contribution in [0.3, 0.4) is 0 Å². The molecule has 3 rings (SSSR count). The fourth-order valence-electron chi connectivity index (χ4n) is 2.99. The lowest BCUT2D eigenvalue weighted by Crippen LogP contribution is -2.22. The Morgan fingerprint density at radius 2 is 1.97 bits per heavy atom. The number of ether oxygens (including phenoxy) is 3. The van der Waals surface area contributed by atoms with Crippen molar-refractivity contribution < 1.29 is 36.6 Å². The Morgan fingerprint density at radius 3 is 2.66 bits per heavy atom. The molecular weight excluding hydrogens is 416 g/mol. The molecule has 29 heavy (non-hydrogen) atoms. The van der Waals surface area contributed by atoms with E-state index in [0.717, 1.165) is 18.2 Å². The first-order chi connectivity index (χ1) is 13.7. The first-order valence-corrected chi connectivity index (χ1v) is 9.11. The van der Waals surface area contributed by atoms with Gasteiger partial charge in [0.25, 0.3) is 0 Å². The third kappa shape index (κ3) is 4.64. The molecule has 1 heterocycles. The van der Waals surface area contributed by atoms with E-state index in [1.54, 1.807) is 0 Å². The highest BCUT2D eigenvalue weighted by molar-refractivity contribution is 6.33. The minimum Gasteiger partial charge on any atom is -0.493 e. The molecule has 0 saturated heterocycles. The van der Waals surface area contributed by atoms with Crippen LogP contribution in [0.1, 0.15) is 40.4 Å². The van der Waals surface area contributed by atoms with Crippen LogP contribution < -0.4 is 9.47 Å². The second kappa shape index (κ2) is 8.59. The van der Waals surface area contributed by atoms with E-state index < -0.39 is 23.7 Å². The summed E-state index contributed by atoms with van der Waals surface area (Å²) in [5.74, 6) is -1.31. The lowest BCUT2D eigenvalue weighted by atomic mass is 9.95. The summed E-state index contributed by atoms with van der Waals surface area (Å²) in [7, 11) is 1.50. The zero-order valence-electron chi connectivity index (χ0n) is 15.3. The Hall–Kier alpha value is -2.32. The normalized spacial score (nSPS) is 16.3. The summed E-state index contributed by atoms with van der Waals surface area (Å²) in [5.41, 5.74) is -0.522. The van der Waals surface area contributed by atoms with Crippen molar-refractivity contribution in [2.45, 2.75) is 25.1 Å². The van der Waals surface area contributed by atoms with Crippen LogP contribution in [-0.4, -0.2) is 26.1 Å². The molecule has 1 atom stereocenters. The quantitative estimate of drug-likeness (QED) is 0.439. The number of methoxy groups -OCH3 is 1. The van der Waals surface area contributed by atoms with E-state index in [1.807, 2.05) is 0 Å². The molecule has 0 amide bonds. The minimum atomic E-state index is -4.56. The first kappa shape index (κ1) is 21.4. The minimum absolute atomic E-state index is 0.0651. The van der Waals surface area contributed by atoms with Gasteiger partial charge >= 0.3 is 6.18 Å². The van der Waals surface area contributed by atoms with Crippen LogP contribution in [-0.2, 0) is 10.9 Å². The fraction of sp³-hybridized carbons (Fsp3) is 0.350. The Bertz CT molecular complexity index is 914. The average molecular weight is 433 g/mol. The van der Waals surface area contributed by atoms with Gasteiger partial charge in [-0.2, -0.15) is 13.2 Å². The van der Waals surface area contributed by atoms with Crippen LogP contribution in [0.25, 0.3) is 0 Å². The van der Waals surface area contributed by atoms with Crippen LogP contribution in [0.4, 0.5) is 17.6 Å². The van der Waals surface area contributed by atoms with Crippen molar-refractivity contribution in [1.82, 2.24) is 0 Å². The maximum absolute atomic E-state index is 13.8. The highest BCUT2D eigenvalue weighted by Gasteiger charge is 2.35. The Labute approximate surface area is 169 Å². The third-order valence-corrected chi connectivity index (χ3v) is 4.77. The number of rotatable bonds is 6. The predicted molar refractivity (Wildman–Crippen MR) is 97.2 cm³/mol. The molecule has 0 radical (unpaired) electrons. The summed E-state index contributed by atoms with van der Waals surface area (Å²) in [5, 5.41) is -0.352. The summed E-state index contributed by atoms with van der Waals surface area (Å²) in [6, 6.07) is 5.27. The number of halogens is 5. The number of Topliss-reactive ketones (excluding diaryl/α,β-unsaturated/α-hetero) is 1. The fourth-order valence-corrected chi connectivity index (χ4v) is 3.20. The number of carbonyl (C=O) groups is 1. The van der Waals surface area contributed by atoms with Crippen LogP contribution in [0, 0.1) is 5.82 Å². The number of fused-ring (bicyclic) bond motifs is 1. The molecule has 0 aliphatic carbocycles. The van der Waals surface area contributed by atoms with Gasteiger partial charge in [-0.25, -0.2) is 4.39 Å². The molecule has 1 aliphatic rings. The molecular formula is C20H17ClF4O4. The van der Waals surface area contributed by atoms with E-state index >= 15 is 0 Å². The van der Waals surface area contributed by atoms with E-state index in [0.29, 0.717) is 13.0 Å². The zero-order valence-corrected chi connectivity index (χ0v) is 16.1. The van der Waals surface area contributed by atoms with Gasteiger partial charge in [0.05, 0.1) is 24.2 Å². The number of ketones is 1. The summed E-state index contributed by atoms with van der Waals surface area (Å²) in [6.07, 6.45) is -5.22. The molecule has 0 fully saturated rings. The summed E-state index contributed by atoms with van der Waals surface area (Å²) in [6.45, 7) is 0.476. The van der Waals surface area contributed by atoms with Crippen molar-refractivity contribution in [1.29, 1.82) is 0 Å². The lowest BCUT2D eigenvalue weighted by Gasteiger charge is -2.28. The van der Waals surface area contributed by atoms with Crippen LogP contribution >= 0.6 is 11.6 Å². The van der Waals surface area contributed by atoms with E-state index in [1.165, 1.54) is 19.2 Å². The molecule has 9 heteroatoms. The lowest BCUT2D eigenvalue weighted by molar-refractivity contribution is -0.137. The van der Waals surface area contributed by atoms with E-state index in [2.05, 4.69) is 0 Å². The van der Waals surface area contributed by atoms with Crippen LogP contribution in [0.2, 0.25) is 5.02 Å². The highest BCUT2D eigenvalue weighted by Crippen LogP contribution is 2.43. The van der Waals surface area contributed by atoms with Gasteiger partial charge in [0.2, 0.25) is 0 Å². The van der Waals surface area contributed by atoms with Crippen molar-refractivity contribution in [3.63, 3.8) is 0 Å². The van der Waals surface area contributed by atoms with Gasteiger partial charge in [-0.15, -0.1) is 0 Å². The van der Waals surface area contributed by atoms with Crippen LogP contribution in [0.5, 0.6) is 11.5 Å². The van der Waals surface area contributed by atoms with Crippen molar-refractivity contribution in [3.05, 3.63) is 57.9 Å². The maximum Gasteiger partial charge on any atom is 0.416 e. The van der Waals surface area contributed by atoms with Crippen molar-refractivity contribution in [2.24, 2.45) is 0 Å². The molecule has 1 unspecified atom stereocenters. The average Bonchev–Trinajstić information content (AvgIpc) is 2.67. The molecule has 0 aromatic heterocycles. The molecule has 0 spiro atoms.